The first-order valence-electron chi connectivity index (χ1n) is 17.7. The van der Waals surface area contributed by atoms with Gasteiger partial charge < -0.3 is 4.74 Å². The van der Waals surface area contributed by atoms with Crippen molar-refractivity contribution in [3.63, 3.8) is 0 Å². The molecule has 1 heteroatoms. The Kier molecular flexibility index (Phi) is 10.8. The van der Waals surface area contributed by atoms with Gasteiger partial charge in [-0.3, -0.25) is 0 Å². The molecule has 4 fully saturated rings. The van der Waals surface area contributed by atoms with E-state index in [2.05, 4.69) is 55.4 Å². The Morgan fingerprint density at radius 1 is 0.737 bits per heavy atom. The van der Waals surface area contributed by atoms with E-state index in [0.717, 1.165) is 59.9 Å². The molecule has 1 nitrogen and oxygen atoms in total. The van der Waals surface area contributed by atoms with Gasteiger partial charge >= 0.3 is 0 Å². The molecule has 0 bridgehead atoms. The summed E-state index contributed by atoms with van der Waals surface area (Å²) in [5.74, 6) is 8.47. The maximum absolute atomic E-state index is 6.46. The molecular weight excluding hydrogens is 460 g/mol. The normalized spacial score (nSPS) is 41.3. The highest BCUT2D eigenvalue weighted by Crippen LogP contribution is 2.68. The van der Waals surface area contributed by atoms with Crippen molar-refractivity contribution in [3.05, 3.63) is 0 Å². The Bertz CT molecular complexity index is 713. The van der Waals surface area contributed by atoms with E-state index in [1.165, 1.54) is 96.3 Å². The molecule has 11 atom stereocenters. The lowest BCUT2D eigenvalue weighted by Gasteiger charge is -2.61. The van der Waals surface area contributed by atoms with Crippen molar-refractivity contribution in [2.24, 2.45) is 64.1 Å². The van der Waals surface area contributed by atoms with Gasteiger partial charge in [-0.05, 0) is 135 Å². The molecule has 0 spiro atoms. The van der Waals surface area contributed by atoms with Gasteiger partial charge in [-0.2, -0.15) is 0 Å². The van der Waals surface area contributed by atoms with Gasteiger partial charge in [0, 0.05) is 6.61 Å². The molecule has 4 aliphatic rings. The van der Waals surface area contributed by atoms with Crippen LogP contribution in [0.3, 0.4) is 0 Å². The third kappa shape index (κ3) is 6.54. The second kappa shape index (κ2) is 13.3. The lowest BCUT2D eigenvalue weighted by atomic mass is 9.44. The van der Waals surface area contributed by atoms with Gasteiger partial charge in [-0.15, -0.1) is 0 Å². The first kappa shape index (κ1) is 30.9. The van der Waals surface area contributed by atoms with Crippen molar-refractivity contribution < 1.29 is 4.74 Å². The maximum atomic E-state index is 6.46. The van der Waals surface area contributed by atoms with Gasteiger partial charge in [0.1, 0.15) is 0 Å². The Labute approximate surface area is 239 Å². The zero-order valence-corrected chi connectivity index (χ0v) is 27.2. The summed E-state index contributed by atoms with van der Waals surface area (Å²) in [6, 6.07) is 0. The molecule has 0 radical (unpaired) electrons. The van der Waals surface area contributed by atoms with E-state index in [4.69, 9.17) is 4.74 Å². The average Bonchev–Trinajstić information content (AvgIpc) is 3.24. The Hall–Kier alpha value is -0.0400. The highest BCUT2D eigenvalue weighted by atomic mass is 16.5. The molecule has 38 heavy (non-hydrogen) atoms. The van der Waals surface area contributed by atoms with Crippen molar-refractivity contribution in [3.8, 4) is 0 Å². The predicted octanol–water partition coefficient (Wildman–Crippen LogP) is 11.3. The summed E-state index contributed by atoms with van der Waals surface area (Å²) < 4.78 is 6.46. The van der Waals surface area contributed by atoms with Crippen molar-refractivity contribution in [2.45, 2.75) is 164 Å². The second-order valence-electron chi connectivity index (χ2n) is 16.3. The number of fused-ring (bicyclic) bond motifs is 5. The van der Waals surface area contributed by atoms with Crippen LogP contribution in [0, 0.1) is 64.1 Å². The van der Waals surface area contributed by atoms with Gasteiger partial charge in [0.25, 0.3) is 0 Å². The fourth-order valence-corrected chi connectivity index (χ4v) is 10.9. The molecular formula is C37H68O. The summed E-state index contributed by atoms with van der Waals surface area (Å²) in [5, 5.41) is 0. The van der Waals surface area contributed by atoms with Crippen LogP contribution in [0.25, 0.3) is 0 Å². The molecule has 0 aromatic heterocycles. The van der Waals surface area contributed by atoms with Crippen molar-refractivity contribution in [2.75, 3.05) is 6.61 Å². The molecule has 11 unspecified atom stereocenters. The number of ether oxygens (including phenoxy) is 1. The summed E-state index contributed by atoms with van der Waals surface area (Å²) in [6.45, 7) is 21.0. The fourth-order valence-electron chi connectivity index (χ4n) is 10.9. The minimum Gasteiger partial charge on any atom is -0.378 e. The highest BCUT2D eigenvalue weighted by molar-refractivity contribution is 5.09. The molecule has 4 aliphatic carbocycles. The quantitative estimate of drug-likeness (QED) is 0.216. The fraction of sp³-hybridized carbons (Fsp3) is 1.00. The van der Waals surface area contributed by atoms with Gasteiger partial charge in [-0.25, -0.2) is 0 Å². The number of hydrogen-bond acceptors (Lipinski definition) is 1. The smallest absolute Gasteiger partial charge is 0.0575 e. The largest absolute Gasteiger partial charge is 0.378 e. The van der Waals surface area contributed by atoms with E-state index in [1.54, 1.807) is 6.42 Å². The number of hydrogen-bond donors (Lipinski definition) is 0. The molecule has 0 heterocycles. The zero-order valence-electron chi connectivity index (χ0n) is 27.2. The topological polar surface area (TPSA) is 9.23 Å². The highest BCUT2D eigenvalue weighted by Gasteiger charge is 2.60. The van der Waals surface area contributed by atoms with Gasteiger partial charge in [0.2, 0.25) is 0 Å². The van der Waals surface area contributed by atoms with E-state index in [1.807, 2.05) is 0 Å². The van der Waals surface area contributed by atoms with Gasteiger partial charge in [-0.1, -0.05) is 87.0 Å². The molecule has 0 saturated heterocycles. The Morgan fingerprint density at radius 3 is 2.21 bits per heavy atom. The SMILES string of the molecule is CCC(C)CCCCOC(C)C1CCC2(C)C(CCC3C2CCC2(C)C(C(C)CCCC(C)C)CCC32)C1. The summed E-state index contributed by atoms with van der Waals surface area (Å²) in [6.07, 6.45) is 23.6. The molecule has 4 rings (SSSR count). The maximum Gasteiger partial charge on any atom is 0.0575 e. The van der Waals surface area contributed by atoms with Crippen LogP contribution in [-0.2, 0) is 4.74 Å². The van der Waals surface area contributed by atoms with Crippen molar-refractivity contribution >= 4 is 0 Å². The summed E-state index contributed by atoms with van der Waals surface area (Å²) >= 11 is 0. The van der Waals surface area contributed by atoms with Crippen LogP contribution >= 0.6 is 0 Å². The lowest BCUT2D eigenvalue weighted by Crippen LogP contribution is -2.54. The molecule has 4 saturated carbocycles. The molecule has 0 aliphatic heterocycles. The van der Waals surface area contributed by atoms with Crippen molar-refractivity contribution in [1.29, 1.82) is 0 Å². The lowest BCUT2D eigenvalue weighted by molar-refractivity contribution is -0.131. The zero-order chi connectivity index (χ0) is 27.5. The van der Waals surface area contributed by atoms with E-state index in [-0.39, 0.29) is 0 Å². The summed E-state index contributed by atoms with van der Waals surface area (Å²) in [4.78, 5) is 0. The van der Waals surface area contributed by atoms with Crippen LogP contribution in [0.4, 0.5) is 0 Å². The summed E-state index contributed by atoms with van der Waals surface area (Å²) in [5.41, 5.74) is 1.24. The van der Waals surface area contributed by atoms with E-state index >= 15 is 0 Å². The van der Waals surface area contributed by atoms with E-state index in [0.29, 0.717) is 16.9 Å². The van der Waals surface area contributed by atoms with Crippen LogP contribution in [0.2, 0.25) is 0 Å². The number of rotatable bonds is 13. The first-order chi connectivity index (χ1) is 18.1. The molecule has 0 aromatic carbocycles. The van der Waals surface area contributed by atoms with Crippen molar-refractivity contribution in [1.82, 2.24) is 0 Å². The molecule has 222 valence electrons. The standard InChI is InChI=1S/C37H68O/c1-9-27(4)14-10-11-24-38-29(6)30-20-22-36(7)31(25-30)16-17-32-34-19-18-33(28(5)15-12-13-26(2)3)37(34,8)23-21-35(32)36/h26-35H,9-25H2,1-8H3. The summed E-state index contributed by atoms with van der Waals surface area (Å²) in [7, 11) is 0. The van der Waals surface area contributed by atoms with Crippen LogP contribution in [0.1, 0.15) is 158 Å². The third-order valence-corrected chi connectivity index (χ3v) is 13.7. The number of unbranched alkanes of at least 4 members (excludes halogenated alkanes) is 1. The van der Waals surface area contributed by atoms with Crippen LogP contribution in [-0.4, -0.2) is 12.7 Å². The van der Waals surface area contributed by atoms with Crippen LogP contribution in [0.15, 0.2) is 0 Å². The van der Waals surface area contributed by atoms with Gasteiger partial charge in [0.15, 0.2) is 0 Å². The second-order valence-corrected chi connectivity index (χ2v) is 16.3. The van der Waals surface area contributed by atoms with E-state index < -0.39 is 0 Å². The van der Waals surface area contributed by atoms with Crippen LogP contribution < -0.4 is 0 Å². The minimum absolute atomic E-state index is 0.461. The monoisotopic (exact) mass is 529 g/mol. The first-order valence-corrected chi connectivity index (χ1v) is 17.7. The Balaban J connectivity index is 1.30. The molecule has 0 amide bonds. The molecule has 0 N–H and O–H groups in total. The van der Waals surface area contributed by atoms with Gasteiger partial charge in [0.05, 0.1) is 6.10 Å². The van der Waals surface area contributed by atoms with E-state index in [9.17, 15) is 0 Å². The average molecular weight is 529 g/mol. The Morgan fingerprint density at radius 2 is 1.47 bits per heavy atom. The third-order valence-electron chi connectivity index (χ3n) is 13.7. The minimum atomic E-state index is 0.461. The predicted molar refractivity (Wildman–Crippen MR) is 165 cm³/mol. The van der Waals surface area contributed by atoms with Crippen LogP contribution in [0.5, 0.6) is 0 Å². The molecule has 0 aromatic rings.